The Labute approximate surface area is 99.5 Å². The van der Waals surface area contributed by atoms with Crippen LogP contribution in [0.4, 0.5) is 4.39 Å². The van der Waals surface area contributed by atoms with Crippen LogP contribution in [0.2, 0.25) is 0 Å². The van der Waals surface area contributed by atoms with Gasteiger partial charge >= 0.3 is 0 Å². The molecule has 0 aliphatic heterocycles. The summed E-state index contributed by atoms with van der Waals surface area (Å²) in [6.45, 7) is 0.351. The first-order valence-electron chi connectivity index (χ1n) is 4.68. The van der Waals surface area contributed by atoms with Gasteiger partial charge in [0.15, 0.2) is 0 Å². The first-order chi connectivity index (χ1) is 7.20. The maximum Gasteiger partial charge on any atom is 0.131 e. The zero-order chi connectivity index (χ0) is 10.8. The van der Waals surface area contributed by atoms with Crippen molar-refractivity contribution in [2.24, 2.45) is 12.8 Å². The van der Waals surface area contributed by atoms with Crippen molar-refractivity contribution in [2.45, 2.75) is 6.54 Å². The number of hydrogen-bond donors (Lipinski definition) is 1. The van der Waals surface area contributed by atoms with Crippen molar-refractivity contribution in [3.8, 4) is 11.1 Å². The molecule has 0 radical (unpaired) electrons. The Bertz CT molecular complexity index is 482. The van der Waals surface area contributed by atoms with Crippen LogP contribution in [-0.2, 0) is 13.6 Å². The Morgan fingerprint density at radius 1 is 1.44 bits per heavy atom. The third-order valence-corrected chi connectivity index (χ3v) is 2.29. The minimum absolute atomic E-state index is 0. The zero-order valence-corrected chi connectivity index (χ0v) is 9.67. The lowest BCUT2D eigenvalue weighted by Crippen LogP contribution is -1.97. The maximum absolute atomic E-state index is 13.6. The van der Waals surface area contributed by atoms with E-state index in [2.05, 4.69) is 5.10 Å². The van der Waals surface area contributed by atoms with E-state index in [4.69, 9.17) is 5.73 Å². The van der Waals surface area contributed by atoms with E-state index in [0.717, 1.165) is 11.1 Å². The smallest absolute Gasteiger partial charge is 0.131 e. The van der Waals surface area contributed by atoms with Gasteiger partial charge in [-0.3, -0.25) is 4.68 Å². The van der Waals surface area contributed by atoms with Gasteiger partial charge in [-0.1, -0.05) is 12.1 Å². The number of nitrogens with two attached hydrogens (primary N) is 1. The molecule has 0 aliphatic rings. The van der Waals surface area contributed by atoms with Crippen LogP contribution >= 0.6 is 12.4 Å². The maximum atomic E-state index is 13.6. The molecular weight excluding hydrogens is 229 g/mol. The Morgan fingerprint density at radius 2 is 2.19 bits per heavy atom. The lowest BCUT2D eigenvalue weighted by atomic mass is 10.1. The second kappa shape index (κ2) is 5.09. The Hall–Kier alpha value is -1.39. The molecule has 1 aromatic heterocycles. The van der Waals surface area contributed by atoms with E-state index in [1.54, 1.807) is 30.2 Å². The number of nitrogens with zero attached hydrogens (tertiary/aromatic N) is 2. The van der Waals surface area contributed by atoms with Gasteiger partial charge in [0, 0.05) is 30.9 Å². The van der Waals surface area contributed by atoms with E-state index in [0.29, 0.717) is 12.1 Å². The average molecular weight is 242 g/mol. The summed E-state index contributed by atoms with van der Waals surface area (Å²) >= 11 is 0. The molecule has 16 heavy (non-hydrogen) atoms. The van der Waals surface area contributed by atoms with Crippen LogP contribution in [0, 0.1) is 5.82 Å². The number of rotatable bonds is 2. The van der Waals surface area contributed by atoms with Gasteiger partial charge in [0.05, 0.1) is 6.20 Å². The van der Waals surface area contributed by atoms with Crippen LogP contribution in [0.25, 0.3) is 11.1 Å². The molecule has 1 heterocycles. The van der Waals surface area contributed by atoms with Gasteiger partial charge in [0.25, 0.3) is 0 Å². The van der Waals surface area contributed by atoms with Crippen molar-refractivity contribution in [2.75, 3.05) is 0 Å². The summed E-state index contributed by atoms with van der Waals surface area (Å²) in [4.78, 5) is 0. The van der Waals surface area contributed by atoms with Crippen LogP contribution in [0.3, 0.4) is 0 Å². The third-order valence-electron chi connectivity index (χ3n) is 2.29. The first-order valence-corrected chi connectivity index (χ1v) is 4.68. The SMILES string of the molecule is Cl.Cn1cc(-c2ccc(CN)cc2F)cn1. The van der Waals surface area contributed by atoms with Gasteiger partial charge in [-0.15, -0.1) is 12.4 Å². The van der Waals surface area contributed by atoms with Gasteiger partial charge in [-0.05, 0) is 11.6 Å². The van der Waals surface area contributed by atoms with Crippen LogP contribution in [0.1, 0.15) is 5.56 Å². The van der Waals surface area contributed by atoms with Crippen molar-refractivity contribution in [3.05, 3.63) is 42.0 Å². The highest BCUT2D eigenvalue weighted by Crippen LogP contribution is 2.22. The fraction of sp³-hybridized carbons (Fsp3) is 0.182. The van der Waals surface area contributed by atoms with Gasteiger partial charge in [0.2, 0.25) is 0 Å². The van der Waals surface area contributed by atoms with E-state index in [9.17, 15) is 4.39 Å². The Balaban J connectivity index is 0.00000128. The number of benzene rings is 1. The molecule has 86 valence electrons. The van der Waals surface area contributed by atoms with Gasteiger partial charge in [-0.2, -0.15) is 5.10 Å². The van der Waals surface area contributed by atoms with E-state index >= 15 is 0 Å². The lowest BCUT2D eigenvalue weighted by Gasteiger charge is -2.02. The molecule has 0 aliphatic carbocycles. The normalized spacial score (nSPS) is 9.94. The quantitative estimate of drug-likeness (QED) is 0.875. The van der Waals surface area contributed by atoms with Crippen LogP contribution < -0.4 is 5.73 Å². The second-order valence-corrected chi connectivity index (χ2v) is 3.42. The molecule has 0 amide bonds. The molecule has 0 fully saturated rings. The highest BCUT2D eigenvalue weighted by molar-refractivity contribution is 5.85. The minimum atomic E-state index is -0.258. The molecular formula is C11H13ClFN3. The van der Waals surface area contributed by atoms with Gasteiger partial charge in [-0.25, -0.2) is 4.39 Å². The summed E-state index contributed by atoms with van der Waals surface area (Å²) in [5.41, 5.74) is 7.55. The molecule has 0 bridgehead atoms. The van der Waals surface area contributed by atoms with E-state index in [-0.39, 0.29) is 18.2 Å². The molecule has 0 atom stereocenters. The van der Waals surface area contributed by atoms with E-state index in [1.165, 1.54) is 6.07 Å². The number of aromatic nitrogens is 2. The summed E-state index contributed by atoms with van der Waals surface area (Å²) in [6, 6.07) is 5.02. The molecule has 5 heteroatoms. The molecule has 2 aromatic rings. The Kier molecular flexibility index (Phi) is 4.04. The topological polar surface area (TPSA) is 43.8 Å². The third kappa shape index (κ3) is 2.40. The van der Waals surface area contributed by atoms with Crippen LogP contribution in [0.15, 0.2) is 30.6 Å². The molecule has 1 aromatic carbocycles. The van der Waals surface area contributed by atoms with Crippen molar-refractivity contribution in [3.63, 3.8) is 0 Å². The second-order valence-electron chi connectivity index (χ2n) is 3.42. The summed E-state index contributed by atoms with van der Waals surface area (Å²) in [5.74, 6) is -0.258. The van der Waals surface area contributed by atoms with Crippen LogP contribution in [0.5, 0.6) is 0 Å². The molecule has 2 rings (SSSR count). The monoisotopic (exact) mass is 241 g/mol. The fourth-order valence-electron chi connectivity index (χ4n) is 1.48. The van der Waals surface area contributed by atoms with Gasteiger partial charge < -0.3 is 5.73 Å². The molecule has 0 saturated heterocycles. The lowest BCUT2D eigenvalue weighted by molar-refractivity contribution is 0.629. The van der Waals surface area contributed by atoms with Crippen molar-refractivity contribution in [1.29, 1.82) is 0 Å². The molecule has 0 unspecified atom stereocenters. The number of hydrogen-bond acceptors (Lipinski definition) is 2. The zero-order valence-electron chi connectivity index (χ0n) is 8.85. The minimum Gasteiger partial charge on any atom is -0.326 e. The molecule has 2 N–H and O–H groups in total. The predicted molar refractivity (Wildman–Crippen MR) is 63.7 cm³/mol. The molecule has 3 nitrogen and oxygen atoms in total. The summed E-state index contributed by atoms with van der Waals surface area (Å²) < 4.78 is 15.3. The van der Waals surface area contributed by atoms with Crippen molar-refractivity contribution < 1.29 is 4.39 Å². The number of halogens is 2. The average Bonchev–Trinajstić information content (AvgIpc) is 2.64. The van der Waals surface area contributed by atoms with Gasteiger partial charge in [0.1, 0.15) is 5.82 Å². The largest absolute Gasteiger partial charge is 0.326 e. The molecule has 0 saturated carbocycles. The standard InChI is InChI=1S/C11H12FN3.ClH/c1-15-7-9(6-14-15)10-3-2-8(5-13)4-11(10)12;/h2-4,6-7H,5,13H2,1H3;1H. The van der Waals surface area contributed by atoms with Crippen molar-refractivity contribution >= 4 is 12.4 Å². The van der Waals surface area contributed by atoms with E-state index < -0.39 is 0 Å². The van der Waals surface area contributed by atoms with Crippen molar-refractivity contribution in [1.82, 2.24) is 9.78 Å². The van der Waals surface area contributed by atoms with E-state index in [1.807, 2.05) is 6.07 Å². The van der Waals surface area contributed by atoms with Crippen LogP contribution in [-0.4, -0.2) is 9.78 Å². The fourth-order valence-corrected chi connectivity index (χ4v) is 1.48. The summed E-state index contributed by atoms with van der Waals surface area (Å²) in [7, 11) is 1.80. The highest BCUT2D eigenvalue weighted by atomic mass is 35.5. The summed E-state index contributed by atoms with van der Waals surface area (Å²) in [5, 5.41) is 4.00. The molecule has 0 spiro atoms. The first kappa shape index (κ1) is 12.7. The predicted octanol–water partition coefficient (Wildman–Crippen LogP) is 2.11. The summed E-state index contributed by atoms with van der Waals surface area (Å²) in [6.07, 6.45) is 3.42. The Morgan fingerprint density at radius 3 is 2.69 bits per heavy atom. The number of aryl methyl sites for hydroxylation is 1. The highest BCUT2D eigenvalue weighted by Gasteiger charge is 2.07.